The topological polar surface area (TPSA) is 57.0 Å². The van der Waals surface area contributed by atoms with Crippen molar-refractivity contribution < 1.29 is 9.53 Å². The summed E-state index contributed by atoms with van der Waals surface area (Å²) in [6.45, 7) is 7.43. The molecule has 1 unspecified atom stereocenters. The number of nitrogens with zero attached hydrogens (tertiary/aromatic N) is 3. The Morgan fingerprint density at radius 2 is 2.20 bits per heavy atom. The number of benzene rings is 1. The molecule has 0 aliphatic rings. The molecule has 0 fully saturated rings. The van der Waals surface area contributed by atoms with Crippen molar-refractivity contribution in [2.75, 3.05) is 0 Å². The van der Waals surface area contributed by atoms with Crippen molar-refractivity contribution in [3.8, 4) is 11.4 Å². The average molecular weight is 273 g/mol. The Labute approximate surface area is 118 Å². The molecular formula is C15H19N3O2. The first-order valence-electron chi connectivity index (χ1n) is 6.73. The van der Waals surface area contributed by atoms with Crippen molar-refractivity contribution >= 4 is 5.78 Å². The quantitative estimate of drug-likeness (QED) is 0.786. The Morgan fingerprint density at radius 3 is 2.80 bits per heavy atom. The van der Waals surface area contributed by atoms with Gasteiger partial charge in [0.15, 0.2) is 11.5 Å². The molecule has 1 aromatic carbocycles. The maximum Gasteiger partial charge on any atom is 0.181 e. The standard InChI is InChI=1S/C15H19N3O2/c1-5-10(2)20-14-8-6-7-13(9-14)18-11(3)15(12(4)19)16-17-18/h6-10H,5H2,1-4H3. The van der Waals surface area contributed by atoms with Crippen LogP contribution in [0.25, 0.3) is 5.69 Å². The third kappa shape index (κ3) is 2.87. The van der Waals surface area contributed by atoms with Crippen LogP contribution in [0.3, 0.4) is 0 Å². The lowest BCUT2D eigenvalue weighted by Crippen LogP contribution is -2.10. The lowest BCUT2D eigenvalue weighted by molar-refractivity contribution is 0.101. The molecule has 0 saturated heterocycles. The van der Waals surface area contributed by atoms with E-state index >= 15 is 0 Å². The maximum absolute atomic E-state index is 11.4. The van der Waals surface area contributed by atoms with Gasteiger partial charge in [-0.15, -0.1) is 5.10 Å². The Bertz CT molecular complexity index is 619. The van der Waals surface area contributed by atoms with Gasteiger partial charge >= 0.3 is 0 Å². The highest BCUT2D eigenvalue weighted by molar-refractivity contribution is 5.93. The van der Waals surface area contributed by atoms with Crippen molar-refractivity contribution in [1.29, 1.82) is 0 Å². The number of carbonyl (C=O) groups excluding carboxylic acids is 1. The van der Waals surface area contributed by atoms with Gasteiger partial charge < -0.3 is 4.74 Å². The predicted octanol–water partition coefficient (Wildman–Crippen LogP) is 2.96. The summed E-state index contributed by atoms with van der Waals surface area (Å²) < 4.78 is 7.44. The number of Topliss-reactive ketones (excluding diaryl/α,β-unsaturated/α-hetero) is 1. The van der Waals surface area contributed by atoms with Crippen LogP contribution in [-0.2, 0) is 0 Å². The normalized spacial score (nSPS) is 12.2. The second-order valence-corrected chi connectivity index (χ2v) is 4.83. The predicted molar refractivity (Wildman–Crippen MR) is 76.5 cm³/mol. The molecule has 5 heteroatoms. The minimum absolute atomic E-state index is 0.0826. The van der Waals surface area contributed by atoms with E-state index in [0.29, 0.717) is 5.69 Å². The van der Waals surface area contributed by atoms with Crippen molar-refractivity contribution in [3.05, 3.63) is 35.7 Å². The lowest BCUT2D eigenvalue weighted by atomic mass is 10.2. The zero-order chi connectivity index (χ0) is 14.7. The van der Waals surface area contributed by atoms with Crippen LogP contribution in [-0.4, -0.2) is 26.9 Å². The van der Waals surface area contributed by atoms with E-state index in [-0.39, 0.29) is 11.9 Å². The SMILES string of the molecule is CCC(C)Oc1cccc(-n2nnc(C(C)=O)c2C)c1. The highest BCUT2D eigenvalue weighted by Crippen LogP contribution is 2.20. The minimum atomic E-state index is -0.0826. The van der Waals surface area contributed by atoms with E-state index in [1.807, 2.05) is 38.1 Å². The van der Waals surface area contributed by atoms with E-state index in [2.05, 4.69) is 17.2 Å². The molecule has 0 aliphatic carbocycles. The molecule has 0 amide bonds. The molecule has 5 nitrogen and oxygen atoms in total. The van der Waals surface area contributed by atoms with E-state index in [4.69, 9.17) is 4.74 Å². The highest BCUT2D eigenvalue weighted by atomic mass is 16.5. The first-order valence-corrected chi connectivity index (χ1v) is 6.73. The fraction of sp³-hybridized carbons (Fsp3) is 0.400. The molecule has 106 valence electrons. The highest BCUT2D eigenvalue weighted by Gasteiger charge is 2.14. The fourth-order valence-electron chi connectivity index (χ4n) is 1.90. The molecule has 2 rings (SSSR count). The molecule has 0 aliphatic heterocycles. The summed E-state index contributed by atoms with van der Waals surface area (Å²) in [5.41, 5.74) is 1.97. The summed E-state index contributed by atoms with van der Waals surface area (Å²) in [7, 11) is 0. The Kier molecular flexibility index (Phi) is 4.17. The van der Waals surface area contributed by atoms with Gasteiger partial charge in [0.25, 0.3) is 0 Å². The van der Waals surface area contributed by atoms with Crippen molar-refractivity contribution in [1.82, 2.24) is 15.0 Å². The Balaban J connectivity index is 2.34. The van der Waals surface area contributed by atoms with E-state index < -0.39 is 0 Å². The van der Waals surface area contributed by atoms with Crippen LogP contribution >= 0.6 is 0 Å². The van der Waals surface area contributed by atoms with E-state index in [1.165, 1.54) is 6.92 Å². The van der Waals surface area contributed by atoms with Gasteiger partial charge in [-0.2, -0.15) is 0 Å². The largest absolute Gasteiger partial charge is 0.491 e. The van der Waals surface area contributed by atoms with Crippen LogP contribution < -0.4 is 4.74 Å². The van der Waals surface area contributed by atoms with Gasteiger partial charge in [-0.25, -0.2) is 4.68 Å². The number of ketones is 1. The van der Waals surface area contributed by atoms with Crippen molar-refractivity contribution in [2.45, 2.75) is 40.2 Å². The first-order chi connectivity index (χ1) is 9.52. The second kappa shape index (κ2) is 5.86. The number of hydrogen-bond acceptors (Lipinski definition) is 4. The summed E-state index contributed by atoms with van der Waals surface area (Å²) in [5.74, 6) is 0.705. The monoisotopic (exact) mass is 273 g/mol. The molecule has 20 heavy (non-hydrogen) atoms. The second-order valence-electron chi connectivity index (χ2n) is 4.83. The van der Waals surface area contributed by atoms with Gasteiger partial charge in [0.1, 0.15) is 5.75 Å². The average Bonchev–Trinajstić information content (AvgIpc) is 2.81. The summed E-state index contributed by atoms with van der Waals surface area (Å²) in [6, 6.07) is 7.63. The molecule has 0 radical (unpaired) electrons. The lowest BCUT2D eigenvalue weighted by Gasteiger charge is -2.13. The van der Waals surface area contributed by atoms with Crippen molar-refractivity contribution in [2.24, 2.45) is 0 Å². The Morgan fingerprint density at radius 1 is 1.45 bits per heavy atom. The molecular weight excluding hydrogens is 254 g/mol. The van der Waals surface area contributed by atoms with E-state index in [0.717, 1.165) is 23.6 Å². The number of hydrogen-bond donors (Lipinski definition) is 0. The molecule has 1 heterocycles. The zero-order valence-electron chi connectivity index (χ0n) is 12.3. The third-order valence-electron chi connectivity index (χ3n) is 3.20. The van der Waals surface area contributed by atoms with Crippen LogP contribution in [0.2, 0.25) is 0 Å². The van der Waals surface area contributed by atoms with E-state index in [9.17, 15) is 4.79 Å². The van der Waals surface area contributed by atoms with Gasteiger partial charge in [0, 0.05) is 13.0 Å². The van der Waals surface area contributed by atoms with Crippen LogP contribution in [0.1, 0.15) is 43.4 Å². The first kappa shape index (κ1) is 14.2. The minimum Gasteiger partial charge on any atom is -0.491 e. The van der Waals surface area contributed by atoms with Crippen LogP contribution in [0.15, 0.2) is 24.3 Å². The summed E-state index contributed by atoms with van der Waals surface area (Å²) >= 11 is 0. The summed E-state index contributed by atoms with van der Waals surface area (Å²) in [6.07, 6.45) is 1.11. The smallest absolute Gasteiger partial charge is 0.181 e. The molecule has 0 bridgehead atoms. The number of aromatic nitrogens is 3. The molecule has 2 aromatic rings. The van der Waals surface area contributed by atoms with Gasteiger partial charge in [0.05, 0.1) is 17.5 Å². The van der Waals surface area contributed by atoms with Gasteiger partial charge in [-0.1, -0.05) is 18.2 Å². The fourth-order valence-corrected chi connectivity index (χ4v) is 1.90. The summed E-state index contributed by atoms with van der Waals surface area (Å²) in [4.78, 5) is 11.4. The number of carbonyl (C=O) groups is 1. The van der Waals surface area contributed by atoms with Gasteiger partial charge in [-0.3, -0.25) is 4.79 Å². The third-order valence-corrected chi connectivity index (χ3v) is 3.20. The summed E-state index contributed by atoms with van der Waals surface area (Å²) in [5, 5.41) is 7.96. The molecule has 0 N–H and O–H groups in total. The molecule has 0 spiro atoms. The maximum atomic E-state index is 11.4. The molecule has 1 atom stereocenters. The van der Waals surface area contributed by atoms with Gasteiger partial charge in [-0.05, 0) is 32.4 Å². The zero-order valence-corrected chi connectivity index (χ0v) is 12.3. The van der Waals surface area contributed by atoms with Crippen LogP contribution in [0.5, 0.6) is 5.75 Å². The number of ether oxygens (including phenoxy) is 1. The van der Waals surface area contributed by atoms with Crippen LogP contribution in [0.4, 0.5) is 0 Å². The number of rotatable bonds is 5. The Hall–Kier alpha value is -2.17. The van der Waals surface area contributed by atoms with Crippen molar-refractivity contribution in [3.63, 3.8) is 0 Å². The van der Waals surface area contributed by atoms with E-state index in [1.54, 1.807) is 4.68 Å². The molecule has 1 aromatic heterocycles. The van der Waals surface area contributed by atoms with Crippen LogP contribution in [0, 0.1) is 6.92 Å². The van der Waals surface area contributed by atoms with Gasteiger partial charge in [0.2, 0.25) is 0 Å². The molecule has 0 saturated carbocycles.